The first-order chi connectivity index (χ1) is 17.2. The Morgan fingerprint density at radius 1 is 1.21 bits per heavy atom. The minimum atomic E-state index is -2.50. The molecule has 0 amide bonds. The average Bonchev–Trinajstić information content (AvgIpc) is 3.21. The van der Waals surface area contributed by atoms with Crippen LogP contribution in [-0.2, 0) is 18.8 Å². The van der Waals surface area contributed by atoms with Crippen molar-refractivity contribution in [1.82, 2.24) is 0 Å². The van der Waals surface area contributed by atoms with Crippen LogP contribution < -0.4 is 0 Å². The van der Waals surface area contributed by atoms with Crippen molar-refractivity contribution in [2.24, 2.45) is 35.0 Å². The first-order valence-electron chi connectivity index (χ1n) is 14.0. The van der Waals surface area contributed by atoms with Gasteiger partial charge >= 0.3 is 5.97 Å². The molecule has 4 rings (SSSR count). The second kappa shape index (κ2) is 8.59. The maximum Gasteiger partial charge on any atom is 0.303 e. The molecular formula is C30H48O7Si. The summed E-state index contributed by atoms with van der Waals surface area (Å²) in [6.45, 7) is 21.9. The van der Waals surface area contributed by atoms with Gasteiger partial charge < -0.3 is 24.5 Å². The molecule has 0 aromatic heterocycles. The highest BCUT2D eigenvalue weighted by Gasteiger charge is 2.87. The summed E-state index contributed by atoms with van der Waals surface area (Å²) in [5, 5.41) is 34.9. The number of carbonyl (C=O) groups excluding carboxylic acids is 2. The lowest BCUT2D eigenvalue weighted by Gasteiger charge is -2.56. The number of rotatable bonds is 6. The van der Waals surface area contributed by atoms with E-state index in [1.807, 2.05) is 26.8 Å². The van der Waals surface area contributed by atoms with E-state index < -0.39 is 66.1 Å². The molecule has 0 aliphatic heterocycles. The number of hydrogen-bond donors (Lipinski definition) is 3. The van der Waals surface area contributed by atoms with Crippen LogP contribution in [0.2, 0.25) is 18.1 Å². The van der Waals surface area contributed by atoms with Gasteiger partial charge in [0.05, 0.1) is 18.3 Å². The summed E-state index contributed by atoms with van der Waals surface area (Å²) in [4.78, 5) is 25.9. The number of fused-ring (bicyclic) bond motifs is 5. The van der Waals surface area contributed by atoms with Crippen molar-refractivity contribution in [3.05, 3.63) is 23.3 Å². The molecule has 8 heteroatoms. The Kier molecular flexibility index (Phi) is 6.70. The number of hydrogen-bond acceptors (Lipinski definition) is 7. The van der Waals surface area contributed by atoms with Gasteiger partial charge in [-0.2, -0.15) is 0 Å². The fraction of sp³-hybridized carbons (Fsp3) is 0.800. The van der Waals surface area contributed by atoms with Crippen molar-refractivity contribution in [2.45, 2.75) is 110 Å². The molecule has 8 atom stereocenters. The van der Waals surface area contributed by atoms with Gasteiger partial charge in [-0.1, -0.05) is 60.6 Å². The van der Waals surface area contributed by atoms with E-state index in [4.69, 9.17) is 9.16 Å². The monoisotopic (exact) mass is 548 g/mol. The van der Waals surface area contributed by atoms with Gasteiger partial charge in [0.2, 0.25) is 0 Å². The topological polar surface area (TPSA) is 113 Å². The average molecular weight is 549 g/mol. The molecule has 0 aromatic rings. The third-order valence-corrected chi connectivity index (χ3v) is 16.2. The maximum atomic E-state index is 13.3. The first kappa shape index (κ1) is 29.7. The number of aliphatic hydroxyl groups is 3. The number of ether oxygens (including phenoxy) is 1. The van der Waals surface area contributed by atoms with Crippen molar-refractivity contribution in [3.63, 3.8) is 0 Å². The standard InChI is InChI=1S/C30H48O7Si/c1-16(2)27(8,9)38(10,11)37-25-18(4)29(35)21(23-26(6,7)30(23,25)36-19(5)32)13-20(15-31)14-28(34)22(29)12-17(3)24(28)33/h12-13,16,18,21-23,25,31,34-35H,14-15H2,1-11H3/t18-,21?,22-,23-,25-,28-,29-,30-/m1/s1. The van der Waals surface area contributed by atoms with Crippen LogP contribution in [0.15, 0.2) is 23.3 Å². The molecule has 0 aromatic carbocycles. The smallest absolute Gasteiger partial charge is 0.303 e. The van der Waals surface area contributed by atoms with E-state index in [0.717, 1.165) is 0 Å². The predicted octanol–water partition coefficient (Wildman–Crippen LogP) is 4.17. The fourth-order valence-corrected chi connectivity index (χ4v) is 10.9. The van der Waals surface area contributed by atoms with E-state index >= 15 is 0 Å². The van der Waals surface area contributed by atoms with E-state index in [-0.39, 0.29) is 24.0 Å². The Hall–Kier alpha value is -1.32. The summed E-state index contributed by atoms with van der Waals surface area (Å²) in [6, 6.07) is 0. The van der Waals surface area contributed by atoms with Crippen LogP contribution in [0.5, 0.6) is 0 Å². The molecule has 0 radical (unpaired) electrons. The lowest BCUT2D eigenvalue weighted by atomic mass is 9.59. The number of aliphatic hydroxyl groups excluding tert-OH is 1. The Morgan fingerprint density at radius 3 is 2.29 bits per heavy atom. The molecule has 214 valence electrons. The molecule has 4 aliphatic rings. The molecular weight excluding hydrogens is 500 g/mol. The van der Waals surface area contributed by atoms with Gasteiger partial charge in [0.15, 0.2) is 14.1 Å². The second-order valence-corrected chi connectivity index (χ2v) is 19.0. The van der Waals surface area contributed by atoms with Gasteiger partial charge in [-0.15, -0.1) is 0 Å². The molecule has 0 saturated heterocycles. The zero-order chi connectivity index (χ0) is 29.0. The van der Waals surface area contributed by atoms with Gasteiger partial charge in [0, 0.05) is 42.4 Å². The molecule has 1 unspecified atom stereocenters. The van der Waals surface area contributed by atoms with Gasteiger partial charge in [0.1, 0.15) is 11.2 Å². The zero-order valence-corrected chi connectivity index (χ0v) is 26.0. The minimum absolute atomic E-state index is 0.0494. The summed E-state index contributed by atoms with van der Waals surface area (Å²) in [6.07, 6.45) is 2.86. The van der Waals surface area contributed by atoms with Crippen LogP contribution in [0.25, 0.3) is 0 Å². The SMILES string of the molecule is CC(=O)O[C@@]12[C@H](O[Si](C)(C)C(C)(C)C(C)C)[C@@H](C)[C@@]3(O)C(C=C(CO)C[C@]4(O)C(=O)C(C)=C[C@@H]34)[C@@H]1C2(C)C. The zero-order valence-electron chi connectivity index (χ0n) is 25.0. The third-order valence-electron chi connectivity index (χ3n) is 11.7. The molecule has 2 saturated carbocycles. The normalized spacial score (nSPS) is 42.0. The van der Waals surface area contributed by atoms with Crippen LogP contribution in [-0.4, -0.2) is 64.9 Å². The molecule has 4 aliphatic carbocycles. The number of Topliss-reactive ketones (excluding diaryl/α,β-unsaturated/α-hetero) is 1. The predicted molar refractivity (Wildman–Crippen MR) is 148 cm³/mol. The van der Waals surface area contributed by atoms with Gasteiger partial charge in [0.25, 0.3) is 0 Å². The first-order valence-corrected chi connectivity index (χ1v) is 16.9. The van der Waals surface area contributed by atoms with Crippen molar-refractivity contribution in [3.8, 4) is 0 Å². The summed E-state index contributed by atoms with van der Waals surface area (Å²) >= 11 is 0. The largest absolute Gasteiger partial charge is 0.456 e. The van der Waals surface area contributed by atoms with Crippen LogP contribution >= 0.6 is 0 Å². The van der Waals surface area contributed by atoms with Crippen LogP contribution in [0.4, 0.5) is 0 Å². The highest BCUT2D eigenvalue weighted by Crippen LogP contribution is 2.77. The highest BCUT2D eigenvalue weighted by molar-refractivity contribution is 6.74. The van der Waals surface area contributed by atoms with Gasteiger partial charge in [-0.3, -0.25) is 9.59 Å². The molecule has 2 fully saturated rings. The van der Waals surface area contributed by atoms with Crippen LogP contribution in [0.3, 0.4) is 0 Å². The minimum Gasteiger partial charge on any atom is -0.456 e. The van der Waals surface area contributed by atoms with E-state index in [1.165, 1.54) is 6.92 Å². The van der Waals surface area contributed by atoms with E-state index in [1.54, 1.807) is 13.0 Å². The quantitative estimate of drug-likeness (QED) is 0.259. The van der Waals surface area contributed by atoms with Crippen molar-refractivity contribution in [1.29, 1.82) is 0 Å². The Labute approximate surface area is 228 Å². The number of carbonyl (C=O) groups is 2. The molecule has 7 nitrogen and oxygen atoms in total. The third kappa shape index (κ3) is 3.52. The van der Waals surface area contributed by atoms with Crippen molar-refractivity contribution >= 4 is 20.1 Å². The van der Waals surface area contributed by atoms with Crippen LogP contribution in [0, 0.1) is 35.0 Å². The second-order valence-electron chi connectivity index (χ2n) is 14.5. The maximum absolute atomic E-state index is 13.3. The molecule has 38 heavy (non-hydrogen) atoms. The van der Waals surface area contributed by atoms with Crippen LogP contribution in [0.1, 0.15) is 68.7 Å². The summed E-state index contributed by atoms with van der Waals surface area (Å²) < 4.78 is 13.5. The van der Waals surface area contributed by atoms with Gasteiger partial charge in [-0.25, -0.2) is 0 Å². The molecule has 0 bridgehead atoms. The summed E-state index contributed by atoms with van der Waals surface area (Å²) in [7, 11) is -2.50. The Morgan fingerprint density at radius 2 is 1.79 bits per heavy atom. The number of esters is 1. The van der Waals surface area contributed by atoms with E-state index in [9.17, 15) is 24.9 Å². The fourth-order valence-electron chi connectivity index (χ4n) is 8.23. The lowest BCUT2D eigenvalue weighted by molar-refractivity contribution is -0.215. The Bertz CT molecular complexity index is 1100. The van der Waals surface area contributed by atoms with Gasteiger partial charge in [-0.05, 0) is 42.1 Å². The number of ketones is 1. The summed E-state index contributed by atoms with van der Waals surface area (Å²) in [5.74, 6) is -2.86. The van der Waals surface area contributed by atoms with E-state index in [0.29, 0.717) is 17.1 Å². The molecule has 0 heterocycles. The van der Waals surface area contributed by atoms with E-state index in [2.05, 4.69) is 40.8 Å². The molecule has 0 spiro atoms. The highest BCUT2D eigenvalue weighted by atomic mass is 28.4. The lowest BCUT2D eigenvalue weighted by Crippen LogP contribution is -2.67. The van der Waals surface area contributed by atoms with Crippen molar-refractivity contribution in [2.75, 3.05) is 6.61 Å². The summed E-state index contributed by atoms with van der Waals surface area (Å²) in [5.41, 5.74) is -4.05. The van der Waals surface area contributed by atoms with Crippen molar-refractivity contribution < 1.29 is 34.1 Å². The molecule has 3 N–H and O–H groups in total. The Balaban J connectivity index is 1.97.